The van der Waals surface area contributed by atoms with Crippen LogP contribution in [0.3, 0.4) is 0 Å². The third kappa shape index (κ3) is 3.79. The fraction of sp³-hybridized carbons (Fsp3) is 0.600. The normalized spacial score (nSPS) is 27.8. The summed E-state index contributed by atoms with van der Waals surface area (Å²) < 4.78 is 0. The number of urea groups is 1. The first-order valence-electron chi connectivity index (χ1n) is 12.2. The summed E-state index contributed by atoms with van der Waals surface area (Å²) >= 11 is 0. The van der Waals surface area contributed by atoms with Crippen LogP contribution in [-0.4, -0.2) is 71.2 Å². The van der Waals surface area contributed by atoms with Crippen LogP contribution in [0.4, 0.5) is 4.79 Å². The molecule has 5 rings (SSSR count). The Morgan fingerprint density at radius 2 is 1.82 bits per heavy atom. The number of amides is 5. The lowest BCUT2D eigenvalue weighted by atomic mass is 9.92. The third-order valence-electron chi connectivity index (χ3n) is 7.88. The smallest absolute Gasteiger partial charge is 0.325 e. The van der Waals surface area contributed by atoms with Crippen LogP contribution >= 0.6 is 0 Å². The van der Waals surface area contributed by atoms with E-state index in [1.165, 1.54) is 6.42 Å². The summed E-state index contributed by atoms with van der Waals surface area (Å²) in [7, 11) is 0. The molecule has 3 aliphatic heterocycles. The van der Waals surface area contributed by atoms with E-state index < -0.39 is 11.6 Å². The second-order valence-electron chi connectivity index (χ2n) is 10.1. The van der Waals surface area contributed by atoms with Gasteiger partial charge >= 0.3 is 6.03 Å². The number of benzene rings is 1. The summed E-state index contributed by atoms with van der Waals surface area (Å²) in [4.78, 5) is 56.6. The second kappa shape index (κ2) is 8.47. The fourth-order valence-electron chi connectivity index (χ4n) is 5.99. The topological polar surface area (TPSA) is 90.0 Å². The number of carbonyl (C=O) groups excluding carboxylic acids is 4. The van der Waals surface area contributed by atoms with E-state index in [0.717, 1.165) is 42.0 Å². The van der Waals surface area contributed by atoms with E-state index in [-0.39, 0.29) is 30.2 Å². The fourth-order valence-corrected chi connectivity index (χ4v) is 5.99. The van der Waals surface area contributed by atoms with Crippen molar-refractivity contribution in [2.24, 2.45) is 11.8 Å². The molecule has 2 atom stereocenters. The summed E-state index contributed by atoms with van der Waals surface area (Å²) in [5.41, 5.74) is 0.859. The number of rotatable bonds is 3. The van der Waals surface area contributed by atoms with Crippen LogP contribution < -0.4 is 5.32 Å². The number of nitrogens with zero attached hydrogens (tertiary/aromatic N) is 3. The summed E-state index contributed by atoms with van der Waals surface area (Å²) in [6, 6.07) is 7.16. The Labute approximate surface area is 194 Å². The zero-order valence-electron chi connectivity index (χ0n) is 19.2. The highest BCUT2D eigenvalue weighted by Crippen LogP contribution is 2.41. The Kier molecular flexibility index (Phi) is 5.62. The number of hydrogen-bond acceptors (Lipinski definition) is 4. The van der Waals surface area contributed by atoms with Crippen LogP contribution in [0.2, 0.25) is 0 Å². The van der Waals surface area contributed by atoms with Crippen molar-refractivity contribution in [3.8, 4) is 0 Å². The molecule has 1 aromatic rings. The summed E-state index contributed by atoms with van der Waals surface area (Å²) in [5.74, 6) is 0.136. The molecule has 0 radical (unpaired) electrons. The minimum absolute atomic E-state index is 0.0469. The van der Waals surface area contributed by atoms with Gasteiger partial charge in [0.1, 0.15) is 12.1 Å². The van der Waals surface area contributed by atoms with Gasteiger partial charge in [0.2, 0.25) is 11.8 Å². The molecule has 33 heavy (non-hydrogen) atoms. The Balaban J connectivity index is 1.19. The highest BCUT2D eigenvalue weighted by atomic mass is 16.2. The molecule has 0 bridgehead atoms. The van der Waals surface area contributed by atoms with Gasteiger partial charge in [-0.05, 0) is 55.6 Å². The van der Waals surface area contributed by atoms with Crippen LogP contribution in [0.25, 0.3) is 0 Å². The van der Waals surface area contributed by atoms with Gasteiger partial charge in [0.15, 0.2) is 0 Å². The van der Waals surface area contributed by atoms with Gasteiger partial charge in [0.25, 0.3) is 5.91 Å². The second-order valence-corrected chi connectivity index (χ2v) is 10.1. The number of carbonyl (C=O) groups is 4. The van der Waals surface area contributed by atoms with E-state index in [1.54, 1.807) is 4.90 Å². The van der Waals surface area contributed by atoms with Crippen molar-refractivity contribution < 1.29 is 19.2 Å². The van der Waals surface area contributed by atoms with Crippen LogP contribution in [0.1, 0.15) is 50.2 Å². The van der Waals surface area contributed by atoms with E-state index in [2.05, 4.69) is 12.2 Å². The highest BCUT2D eigenvalue weighted by Gasteiger charge is 2.55. The Bertz CT molecular complexity index is 986. The molecule has 1 aliphatic carbocycles. The molecule has 1 spiro atoms. The number of likely N-dealkylation sites (tertiary alicyclic amines) is 2. The Morgan fingerprint density at radius 1 is 1.06 bits per heavy atom. The predicted octanol–water partition coefficient (Wildman–Crippen LogP) is 1.88. The molecular formula is C25H32N4O4. The van der Waals surface area contributed by atoms with Gasteiger partial charge in [0, 0.05) is 32.1 Å². The molecule has 5 amide bonds. The van der Waals surface area contributed by atoms with E-state index in [9.17, 15) is 19.2 Å². The van der Waals surface area contributed by atoms with E-state index in [0.29, 0.717) is 38.3 Å². The van der Waals surface area contributed by atoms with Gasteiger partial charge in [0.05, 0.1) is 0 Å². The van der Waals surface area contributed by atoms with Crippen LogP contribution in [0.15, 0.2) is 24.3 Å². The summed E-state index contributed by atoms with van der Waals surface area (Å²) in [6.07, 6.45) is 4.74. The highest BCUT2D eigenvalue weighted by molar-refractivity contribution is 6.09. The first-order valence-corrected chi connectivity index (χ1v) is 12.2. The Hall–Kier alpha value is -2.90. The monoisotopic (exact) mass is 452 g/mol. The van der Waals surface area contributed by atoms with Crippen molar-refractivity contribution >= 4 is 23.8 Å². The number of aryl methyl sites for hydroxylation is 1. The first-order chi connectivity index (χ1) is 15.9. The summed E-state index contributed by atoms with van der Waals surface area (Å²) in [5, 5.41) is 2.87. The quantitative estimate of drug-likeness (QED) is 0.709. The van der Waals surface area contributed by atoms with E-state index in [4.69, 9.17) is 0 Å². The third-order valence-corrected chi connectivity index (χ3v) is 7.88. The lowest BCUT2D eigenvalue weighted by Gasteiger charge is -2.37. The van der Waals surface area contributed by atoms with Crippen molar-refractivity contribution in [3.63, 3.8) is 0 Å². The standard InChI is InChI=1S/C25H32N4O4/c1-17-5-4-12-28(15-17)22(31)19-9-13-27(14-10-19)21(30)16-29-23(32)25(26-24(29)33)11-8-18-6-2-3-7-20(18)25/h2-3,6-7,17,19H,4-5,8-16H2,1H3,(H,26,33). The molecule has 0 aromatic heterocycles. The first kappa shape index (κ1) is 21.9. The lowest BCUT2D eigenvalue weighted by molar-refractivity contribution is -0.143. The van der Waals surface area contributed by atoms with Gasteiger partial charge in [-0.3, -0.25) is 19.3 Å². The number of fused-ring (bicyclic) bond motifs is 2. The molecule has 3 heterocycles. The number of hydrogen-bond donors (Lipinski definition) is 1. The minimum atomic E-state index is -1.04. The van der Waals surface area contributed by atoms with Crippen molar-refractivity contribution in [2.45, 2.75) is 51.0 Å². The zero-order valence-corrected chi connectivity index (χ0v) is 19.2. The van der Waals surface area contributed by atoms with Crippen molar-refractivity contribution in [1.82, 2.24) is 20.0 Å². The molecule has 8 heteroatoms. The maximum absolute atomic E-state index is 13.3. The van der Waals surface area contributed by atoms with E-state index in [1.807, 2.05) is 29.2 Å². The van der Waals surface area contributed by atoms with Crippen molar-refractivity contribution in [1.29, 1.82) is 0 Å². The predicted molar refractivity (Wildman–Crippen MR) is 121 cm³/mol. The maximum atomic E-state index is 13.3. The molecule has 2 unspecified atom stereocenters. The number of nitrogens with one attached hydrogen (secondary N) is 1. The number of piperidine rings is 2. The average molecular weight is 453 g/mol. The molecule has 1 N–H and O–H groups in total. The molecule has 3 fully saturated rings. The van der Waals surface area contributed by atoms with Crippen molar-refractivity contribution in [2.75, 3.05) is 32.7 Å². The molecule has 8 nitrogen and oxygen atoms in total. The van der Waals surface area contributed by atoms with Gasteiger partial charge in [-0.1, -0.05) is 31.2 Å². The van der Waals surface area contributed by atoms with Crippen LogP contribution in [0, 0.1) is 11.8 Å². The van der Waals surface area contributed by atoms with Crippen molar-refractivity contribution in [3.05, 3.63) is 35.4 Å². The molecule has 0 saturated carbocycles. The lowest BCUT2D eigenvalue weighted by Crippen LogP contribution is -2.49. The molecule has 1 aromatic carbocycles. The maximum Gasteiger partial charge on any atom is 0.325 e. The molecular weight excluding hydrogens is 420 g/mol. The largest absolute Gasteiger partial charge is 0.342 e. The summed E-state index contributed by atoms with van der Waals surface area (Å²) in [6.45, 7) is 4.56. The Morgan fingerprint density at radius 3 is 2.58 bits per heavy atom. The zero-order chi connectivity index (χ0) is 23.2. The molecule has 176 valence electrons. The average Bonchev–Trinajstić information content (AvgIpc) is 3.31. The van der Waals surface area contributed by atoms with Crippen LogP contribution in [0.5, 0.6) is 0 Å². The SMILES string of the molecule is CC1CCCN(C(=O)C2CCN(C(=O)CN3C(=O)NC4(CCc5ccccc54)C3=O)CC2)C1. The van der Waals surface area contributed by atoms with Gasteiger partial charge in [-0.15, -0.1) is 0 Å². The van der Waals surface area contributed by atoms with Gasteiger partial charge in [-0.2, -0.15) is 0 Å². The van der Waals surface area contributed by atoms with Gasteiger partial charge < -0.3 is 15.1 Å². The van der Waals surface area contributed by atoms with Gasteiger partial charge in [-0.25, -0.2) is 4.79 Å². The van der Waals surface area contributed by atoms with Crippen LogP contribution in [-0.2, 0) is 26.3 Å². The number of imide groups is 1. The molecule has 4 aliphatic rings. The minimum Gasteiger partial charge on any atom is -0.342 e. The molecule has 3 saturated heterocycles. The van der Waals surface area contributed by atoms with E-state index >= 15 is 0 Å².